The zero-order valence-electron chi connectivity index (χ0n) is 23.1. The molecule has 0 aliphatic rings. The molecule has 0 rings (SSSR count). The Morgan fingerprint density at radius 1 is 0.970 bits per heavy atom. The van der Waals surface area contributed by atoms with Gasteiger partial charge in [-0.25, -0.2) is 4.39 Å². The summed E-state index contributed by atoms with van der Waals surface area (Å²) >= 11 is 0. The maximum atomic E-state index is 14.5. The lowest BCUT2D eigenvalue weighted by Gasteiger charge is -2.20. The van der Waals surface area contributed by atoms with Crippen molar-refractivity contribution in [2.45, 2.75) is 125 Å². The minimum absolute atomic E-state index is 0.0202. The van der Waals surface area contributed by atoms with Crippen molar-refractivity contribution in [3.63, 3.8) is 0 Å². The molecule has 1 unspecified atom stereocenters. The van der Waals surface area contributed by atoms with Crippen LogP contribution in [0.25, 0.3) is 0 Å². The number of hydrogen-bond acceptors (Lipinski definition) is 1. The van der Waals surface area contributed by atoms with Crippen LogP contribution in [0.3, 0.4) is 0 Å². The van der Waals surface area contributed by atoms with Crippen LogP contribution in [0, 0.1) is 17.3 Å². The molecule has 1 atom stereocenters. The monoisotopic (exact) mass is 474 g/mol. The first-order valence-corrected chi connectivity index (χ1v) is 16.3. The molecule has 1 nitrogen and oxygen atoms in total. The summed E-state index contributed by atoms with van der Waals surface area (Å²) in [6.07, 6.45) is 10.3. The van der Waals surface area contributed by atoms with Gasteiger partial charge in [-0.1, -0.05) is 68.9 Å². The molecule has 3 heteroatoms. The molecule has 0 bridgehead atoms. The Kier molecular flexibility index (Phi) is 14.9. The van der Waals surface area contributed by atoms with E-state index in [9.17, 15) is 9.50 Å². The highest BCUT2D eigenvalue weighted by Crippen LogP contribution is 2.27. The largest absolute Gasteiger partial charge is 0.389 e. The first kappa shape index (κ1) is 31.6. The zero-order chi connectivity index (χ0) is 25.7. The summed E-state index contributed by atoms with van der Waals surface area (Å²) in [7, 11) is -1.08. The Hall–Kier alpha value is -1.37. The number of halogens is 1. The molecule has 0 heterocycles. The molecular formula is C30H51FOSi. The third-order valence-corrected chi connectivity index (χ3v) is 7.15. The molecule has 0 radical (unpaired) electrons. The zero-order valence-corrected chi connectivity index (χ0v) is 24.1. The lowest BCUT2D eigenvalue weighted by atomic mass is 9.85. The van der Waals surface area contributed by atoms with Crippen molar-refractivity contribution in [1.82, 2.24) is 0 Å². The fraction of sp³-hybridized carbons (Fsp3) is 0.667. The van der Waals surface area contributed by atoms with Crippen molar-refractivity contribution in [1.29, 1.82) is 0 Å². The summed E-state index contributed by atoms with van der Waals surface area (Å²) in [4.78, 5) is 0. The van der Waals surface area contributed by atoms with Gasteiger partial charge in [0.15, 0.2) is 0 Å². The summed E-state index contributed by atoms with van der Waals surface area (Å²) < 4.78 is 14.5. The number of hydrogen-bond donors (Lipinski definition) is 1. The Bertz CT molecular complexity index is 765. The van der Waals surface area contributed by atoms with E-state index in [0.717, 1.165) is 49.3 Å². The Morgan fingerprint density at radius 2 is 1.58 bits per heavy atom. The lowest BCUT2D eigenvalue weighted by molar-refractivity contribution is 0.201. The summed E-state index contributed by atoms with van der Waals surface area (Å²) in [5.74, 6) is 6.80. The topological polar surface area (TPSA) is 20.2 Å². The Labute approximate surface area is 206 Å². The minimum atomic E-state index is -1.08. The number of aliphatic hydroxyl groups is 1. The van der Waals surface area contributed by atoms with Gasteiger partial charge in [-0.15, -0.1) is 11.8 Å². The van der Waals surface area contributed by atoms with E-state index >= 15 is 0 Å². The van der Waals surface area contributed by atoms with E-state index in [4.69, 9.17) is 0 Å². The molecular weight excluding hydrogens is 423 g/mol. The van der Waals surface area contributed by atoms with E-state index in [-0.39, 0.29) is 11.2 Å². The second-order valence-corrected chi connectivity index (χ2v) is 17.3. The van der Waals surface area contributed by atoms with Gasteiger partial charge in [0.25, 0.3) is 0 Å². The molecule has 0 fully saturated rings. The number of rotatable bonds is 14. The van der Waals surface area contributed by atoms with E-state index in [1.165, 1.54) is 11.1 Å². The second kappa shape index (κ2) is 15.5. The average Bonchev–Trinajstić information content (AvgIpc) is 2.71. The maximum Gasteiger partial charge on any atom is 0.0991 e. The van der Waals surface area contributed by atoms with Crippen molar-refractivity contribution >= 4 is 8.07 Å². The molecule has 0 saturated heterocycles. The first-order valence-electron chi connectivity index (χ1n) is 12.6. The first-order chi connectivity index (χ1) is 15.1. The molecule has 0 aliphatic heterocycles. The van der Waals surface area contributed by atoms with Crippen LogP contribution in [-0.2, 0) is 0 Å². The van der Waals surface area contributed by atoms with Crippen LogP contribution in [0.1, 0.15) is 92.9 Å². The van der Waals surface area contributed by atoms with E-state index in [1.54, 1.807) is 0 Å². The van der Waals surface area contributed by atoms with Crippen molar-refractivity contribution in [2.24, 2.45) is 5.41 Å². The maximum absolute atomic E-state index is 14.5. The summed E-state index contributed by atoms with van der Waals surface area (Å²) in [6.45, 7) is 23.4. The van der Waals surface area contributed by atoms with Crippen LogP contribution in [0.5, 0.6) is 0 Å². The predicted molar refractivity (Wildman–Crippen MR) is 149 cm³/mol. The van der Waals surface area contributed by atoms with E-state index in [1.807, 2.05) is 20.8 Å². The summed E-state index contributed by atoms with van der Waals surface area (Å²) in [5.41, 5.74) is 4.37. The van der Waals surface area contributed by atoms with E-state index < -0.39 is 14.2 Å². The molecule has 0 aromatic heterocycles. The fourth-order valence-electron chi connectivity index (χ4n) is 3.15. The fourth-order valence-corrected chi connectivity index (χ4v) is 3.80. The van der Waals surface area contributed by atoms with Crippen molar-refractivity contribution in [2.75, 3.05) is 0 Å². The van der Waals surface area contributed by atoms with E-state index in [2.05, 4.69) is 71.0 Å². The molecule has 0 aromatic rings. The van der Waals surface area contributed by atoms with Crippen LogP contribution in [0.4, 0.5) is 4.39 Å². The number of allylic oxidation sites excluding steroid dienone is 6. The highest BCUT2D eigenvalue weighted by Gasteiger charge is 2.15. The van der Waals surface area contributed by atoms with Gasteiger partial charge in [-0.2, -0.15) is 0 Å². The lowest BCUT2D eigenvalue weighted by Crippen LogP contribution is -2.17. The molecule has 0 spiro atoms. The highest BCUT2D eigenvalue weighted by atomic mass is 28.3. The van der Waals surface area contributed by atoms with Crippen molar-refractivity contribution in [3.8, 4) is 11.8 Å². The van der Waals surface area contributed by atoms with Crippen molar-refractivity contribution in [3.05, 3.63) is 46.9 Å². The standard InChI is InChI=1S/C30H51FOSi/c1-24(2)29(32)19-17-25(3)14-13-15-28(31)27(5)18-16-26(4)20-22-30(6,7)21-11-12-23-33(8,9)10/h14,20,29,32H,1,13,15-19,21-23H2,2-10H3/b25-14+,26-20+,28-27-. The SMILES string of the molecule is C=C(C)C(O)CC/C(C)=C/CC/C(F)=C(\C)CC/C(C)=C/CC(C)(C)CC#CC[Si](C)(C)C. The predicted octanol–water partition coefficient (Wildman–Crippen LogP) is 9.55. The van der Waals surface area contributed by atoms with Crippen LogP contribution in [0.15, 0.2) is 46.9 Å². The number of aliphatic hydroxyl groups excluding tert-OH is 1. The third-order valence-electron chi connectivity index (χ3n) is 5.91. The normalized spacial score (nSPS) is 15.0. The van der Waals surface area contributed by atoms with Gasteiger partial charge in [0, 0.05) is 18.9 Å². The molecule has 0 aliphatic carbocycles. The van der Waals surface area contributed by atoms with Gasteiger partial charge < -0.3 is 5.11 Å². The molecule has 1 N–H and O–H groups in total. The quantitative estimate of drug-likeness (QED) is 0.151. The molecule has 33 heavy (non-hydrogen) atoms. The van der Waals surface area contributed by atoms with Crippen molar-refractivity contribution < 1.29 is 9.50 Å². The summed E-state index contributed by atoms with van der Waals surface area (Å²) in [6, 6.07) is 1.07. The van der Waals surface area contributed by atoms with Crippen LogP contribution in [-0.4, -0.2) is 19.3 Å². The molecule has 0 aromatic carbocycles. The van der Waals surface area contributed by atoms with Crippen LogP contribution < -0.4 is 0 Å². The van der Waals surface area contributed by atoms with Gasteiger partial charge in [-0.3, -0.25) is 0 Å². The Balaban J connectivity index is 4.49. The smallest absolute Gasteiger partial charge is 0.0991 e. The molecule has 0 saturated carbocycles. The van der Waals surface area contributed by atoms with Crippen LogP contribution in [0.2, 0.25) is 25.7 Å². The second-order valence-electron chi connectivity index (χ2n) is 11.9. The van der Waals surface area contributed by atoms with Gasteiger partial charge in [0.05, 0.1) is 20.0 Å². The van der Waals surface area contributed by atoms with Crippen LogP contribution >= 0.6 is 0 Å². The highest BCUT2D eigenvalue weighted by molar-refractivity contribution is 6.76. The molecule has 188 valence electrons. The molecule has 0 amide bonds. The van der Waals surface area contributed by atoms with Gasteiger partial charge in [0.1, 0.15) is 0 Å². The third kappa shape index (κ3) is 17.7. The average molecular weight is 475 g/mol. The minimum Gasteiger partial charge on any atom is -0.389 e. The summed E-state index contributed by atoms with van der Waals surface area (Å²) in [5, 5.41) is 9.82. The van der Waals surface area contributed by atoms with Gasteiger partial charge in [0.2, 0.25) is 0 Å². The Morgan fingerprint density at radius 3 is 2.15 bits per heavy atom. The van der Waals surface area contributed by atoms with E-state index in [0.29, 0.717) is 19.3 Å². The van der Waals surface area contributed by atoms with Gasteiger partial charge in [-0.05, 0) is 77.2 Å². The van der Waals surface area contributed by atoms with Gasteiger partial charge >= 0.3 is 0 Å².